The molecule has 0 aromatic heterocycles. The van der Waals surface area contributed by atoms with E-state index in [2.05, 4.69) is 34.7 Å². The van der Waals surface area contributed by atoms with Crippen LogP contribution in [0.3, 0.4) is 0 Å². The number of hydrogen-bond donors (Lipinski definition) is 4. The summed E-state index contributed by atoms with van der Waals surface area (Å²) in [6.45, 7) is 0. The van der Waals surface area contributed by atoms with Crippen molar-refractivity contribution < 1.29 is 16.8 Å². The number of thiol groups is 2. The zero-order valence-electron chi connectivity index (χ0n) is 17.6. The molecule has 0 spiro atoms. The minimum absolute atomic E-state index is 0.113. The van der Waals surface area contributed by atoms with Gasteiger partial charge in [0.1, 0.15) is 0 Å². The Bertz CT molecular complexity index is 1380. The molecular formula is C24H20N2O4S4. The lowest BCUT2D eigenvalue weighted by atomic mass is 10.1. The van der Waals surface area contributed by atoms with Crippen molar-refractivity contribution in [2.75, 3.05) is 9.44 Å². The minimum atomic E-state index is -3.75. The van der Waals surface area contributed by atoms with Crippen LogP contribution in [0, 0.1) is 0 Å². The van der Waals surface area contributed by atoms with Gasteiger partial charge in [0.15, 0.2) is 0 Å². The van der Waals surface area contributed by atoms with Crippen LogP contribution in [0.2, 0.25) is 0 Å². The summed E-state index contributed by atoms with van der Waals surface area (Å²) >= 11 is 8.38. The molecule has 0 amide bonds. The molecule has 4 aromatic rings. The fraction of sp³-hybridized carbons (Fsp3) is 0. The molecular weight excluding hydrogens is 509 g/mol. The van der Waals surface area contributed by atoms with E-state index in [0.717, 1.165) is 20.9 Å². The molecule has 0 fully saturated rings. The quantitative estimate of drug-likeness (QED) is 0.237. The van der Waals surface area contributed by atoms with E-state index in [0.29, 0.717) is 11.4 Å². The van der Waals surface area contributed by atoms with Gasteiger partial charge >= 0.3 is 0 Å². The molecule has 4 rings (SSSR count). The lowest BCUT2D eigenvalue weighted by Gasteiger charge is -2.10. The first-order valence-corrected chi connectivity index (χ1v) is 13.8. The number of anilines is 2. The molecule has 0 atom stereocenters. The van der Waals surface area contributed by atoms with E-state index in [9.17, 15) is 16.8 Å². The topological polar surface area (TPSA) is 92.3 Å². The third-order valence-electron chi connectivity index (χ3n) is 4.90. The van der Waals surface area contributed by atoms with E-state index in [1.54, 1.807) is 72.8 Å². The van der Waals surface area contributed by atoms with Crippen LogP contribution in [0.1, 0.15) is 0 Å². The highest BCUT2D eigenvalue weighted by molar-refractivity contribution is 7.93. The molecule has 0 aliphatic rings. The van der Waals surface area contributed by atoms with Crippen molar-refractivity contribution in [2.24, 2.45) is 0 Å². The summed E-state index contributed by atoms with van der Waals surface area (Å²) in [6, 6.07) is 26.0. The van der Waals surface area contributed by atoms with Crippen molar-refractivity contribution in [2.45, 2.75) is 19.6 Å². The lowest BCUT2D eigenvalue weighted by Crippen LogP contribution is -2.13. The molecule has 0 radical (unpaired) electrons. The van der Waals surface area contributed by atoms with Crippen molar-refractivity contribution >= 4 is 56.7 Å². The molecule has 0 aliphatic heterocycles. The maximum atomic E-state index is 12.6. The van der Waals surface area contributed by atoms with E-state index in [4.69, 9.17) is 0 Å². The predicted octanol–water partition coefficient (Wildman–Crippen LogP) is 5.53. The smallest absolute Gasteiger partial charge is 0.261 e. The van der Waals surface area contributed by atoms with Crippen molar-refractivity contribution in [3.05, 3.63) is 97.1 Å². The Hall–Kier alpha value is -2.92. The van der Waals surface area contributed by atoms with Crippen molar-refractivity contribution in [1.82, 2.24) is 0 Å². The second-order valence-corrected chi connectivity index (χ2v) is 11.8. The molecule has 10 heteroatoms. The Morgan fingerprint density at radius 1 is 0.441 bits per heavy atom. The van der Waals surface area contributed by atoms with Gasteiger partial charge in [0.25, 0.3) is 20.0 Å². The molecule has 0 aliphatic carbocycles. The number of nitrogens with one attached hydrogen (secondary N) is 2. The van der Waals surface area contributed by atoms with Gasteiger partial charge in [0, 0.05) is 21.2 Å². The van der Waals surface area contributed by atoms with Crippen molar-refractivity contribution in [1.29, 1.82) is 0 Å². The fourth-order valence-electron chi connectivity index (χ4n) is 3.14. The highest BCUT2D eigenvalue weighted by Gasteiger charge is 2.16. The molecule has 174 valence electrons. The molecule has 0 saturated carbocycles. The van der Waals surface area contributed by atoms with E-state index >= 15 is 0 Å². The number of benzene rings is 4. The van der Waals surface area contributed by atoms with Gasteiger partial charge in [0.05, 0.1) is 9.79 Å². The third-order valence-corrected chi connectivity index (χ3v) is 8.29. The van der Waals surface area contributed by atoms with Gasteiger partial charge in [-0.1, -0.05) is 24.3 Å². The van der Waals surface area contributed by atoms with Crippen LogP contribution >= 0.6 is 25.3 Å². The van der Waals surface area contributed by atoms with Crippen LogP contribution in [0.5, 0.6) is 0 Å². The number of sulfonamides is 2. The summed E-state index contributed by atoms with van der Waals surface area (Å²) in [5.74, 6) is 0. The Morgan fingerprint density at radius 2 is 0.735 bits per heavy atom. The van der Waals surface area contributed by atoms with Crippen LogP contribution in [0.25, 0.3) is 11.1 Å². The van der Waals surface area contributed by atoms with Gasteiger partial charge in [-0.25, -0.2) is 16.8 Å². The van der Waals surface area contributed by atoms with E-state index < -0.39 is 20.0 Å². The molecule has 6 nitrogen and oxygen atoms in total. The van der Waals surface area contributed by atoms with Gasteiger partial charge in [-0.05, 0) is 83.9 Å². The van der Waals surface area contributed by atoms with Crippen LogP contribution in [0.4, 0.5) is 11.4 Å². The largest absolute Gasteiger partial charge is 0.280 e. The third kappa shape index (κ3) is 5.76. The van der Waals surface area contributed by atoms with E-state index in [1.807, 2.05) is 0 Å². The highest BCUT2D eigenvalue weighted by Crippen LogP contribution is 2.25. The standard InChI is InChI=1S/C24H20N2O4S4/c27-33(28,25-19-5-9-21(31)10-6-19)23-13-1-17(2-14-23)18-3-15-24(16-4-18)34(29,30)26-20-7-11-22(32)12-8-20/h1-16,25-26,31-32H. The van der Waals surface area contributed by atoms with Gasteiger partial charge in [-0.2, -0.15) is 0 Å². The number of rotatable bonds is 7. The maximum absolute atomic E-state index is 12.6. The molecule has 0 saturated heterocycles. The summed E-state index contributed by atoms with van der Waals surface area (Å²) in [6.07, 6.45) is 0. The van der Waals surface area contributed by atoms with Crippen molar-refractivity contribution in [3.8, 4) is 11.1 Å². The molecule has 34 heavy (non-hydrogen) atoms. The molecule has 0 heterocycles. The normalized spacial score (nSPS) is 11.7. The van der Waals surface area contributed by atoms with E-state index in [-0.39, 0.29) is 9.79 Å². The van der Waals surface area contributed by atoms with Gasteiger partial charge < -0.3 is 0 Å². The Morgan fingerprint density at radius 3 is 1.03 bits per heavy atom. The second-order valence-electron chi connectivity index (χ2n) is 7.35. The van der Waals surface area contributed by atoms with E-state index in [1.165, 1.54) is 24.3 Å². The highest BCUT2D eigenvalue weighted by atomic mass is 32.2. The Kier molecular flexibility index (Phi) is 6.94. The van der Waals surface area contributed by atoms with Crippen LogP contribution < -0.4 is 9.44 Å². The zero-order valence-corrected chi connectivity index (χ0v) is 21.0. The van der Waals surface area contributed by atoms with Gasteiger partial charge in [0.2, 0.25) is 0 Å². The second kappa shape index (κ2) is 9.75. The molecule has 4 aromatic carbocycles. The summed E-state index contributed by atoms with van der Waals surface area (Å²) in [4.78, 5) is 1.69. The van der Waals surface area contributed by atoms with Crippen LogP contribution in [0.15, 0.2) is 117 Å². The first-order valence-electron chi connectivity index (χ1n) is 9.97. The monoisotopic (exact) mass is 528 g/mol. The summed E-state index contributed by atoms with van der Waals surface area (Å²) < 4.78 is 55.7. The Balaban J connectivity index is 1.49. The molecule has 0 unspecified atom stereocenters. The zero-order chi connectivity index (χ0) is 24.3. The number of hydrogen-bond acceptors (Lipinski definition) is 6. The average molecular weight is 529 g/mol. The first kappa shape index (κ1) is 24.2. The SMILES string of the molecule is O=S(=O)(Nc1ccc(S)cc1)c1ccc(-c2ccc(S(=O)(=O)Nc3ccc(S)cc3)cc2)cc1. The lowest BCUT2D eigenvalue weighted by molar-refractivity contribution is 0.599. The first-order chi connectivity index (χ1) is 16.1. The molecule has 2 N–H and O–H groups in total. The maximum Gasteiger partial charge on any atom is 0.261 e. The van der Waals surface area contributed by atoms with Crippen molar-refractivity contribution in [3.63, 3.8) is 0 Å². The van der Waals surface area contributed by atoms with Gasteiger partial charge in [-0.3, -0.25) is 9.44 Å². The average Bonchev–Trinajstić information content (AvgIpc) is 2.82. The van der Waals surface area contributed by atoms with Crippen LogP contribution in [-0.2, 0) is 20.0 Å². The summed E-state index contributed by atoms with van der Waals surface area (Å²) in [5.41, 5.74) is 2.38. The summed E-state index contributed by atoms with van der Waals surface area (Å²) in [5, 5.41) is 0. The predicted molar refractivity (Wildman–Crippen MR) is 141 cm³/mol. The fourth-order valence-corrected chi connectivity index (χ4v) is 5.56. The Labute approximate surface area is 210 Å². The minimum Gasteiger partial charge on any atom is -0.280 e. The van der Waals surface area contributed by atoms with Crippen LogP contribution in [-0.4, -0.2) is 16.8 Å². The van der Waals surface area contributed by atoms with Gasteiger partial charge in [-0.15, -0.1) is 25.3 Å². The molecule has 0 bridgehead atoms. The summed E-state index contributed by atoms with van der Waals surface area (Å²) in [7, 11) is -7.50.